The van der Waals surface area contributed by atoms with Gasteiger partial charge in [0.2, 0.25) is 0 Å². The third-order valence-corrected chi connectivity index (χ3v) is 5.92. The fraction of sp³-hybridized carbons (Fsp3) is 0.407. The topological polar surface area (TPSA) is 49.9 Å². The maximum atomic E-state index is 13.2. The molecular weight excluding hydrogens is 400 g/mol. The molecule has 0 saturated carbocycles. The van der Waals surface area contributed by atoms with Gasteiger partial charge in [0.25, 0.3) is 5.91 Å². The molecule has 2 aromatic rings. The normalized spacial score (nSPS) is 20.3. The summed E-state index contributed by atoms with van der Waals surface area (Å²) in [5.74, 6) is -0.225. The second-order valence-corrected chi connectivity index (χ2v) is 9.68. The van der Waals surface area contributed by atoms with Crippen molar-refractivity contribution in [2.24, 2.45) is 0 Å². The lowest BCUT2D eigenvalue weighted by Gasteiger charge is -2.27. The molecule has 5 heteroatoms. The molecule has 2 heterocycles. The third kappa shape index (κ3) is 5.21. The number of carbonyl (C=O) groups excluding carboxylic acids is 2. The molecule has 2 aromatic carbocycles. The smallest absolute Gasteiger partial charge is 0.417 e. The van der Waals surface area contributed by atoms with Crippen LogP contribution >= 0.6 is 0 Å². The molecule has 2 saturated heterocycles. The molecule has 0 spiro atoms. The molecule has 168 valence electrons. The Hall–Kier alpha value is -3.08. The van der Waals surface area contributed by atoms with Crippen LogP contribution in [0.15, 0.2) is 66.4 Å². The SMILES string of the molecule is CC(C)(C)OC(=O)N1C(=O)/C(=C/N2CCCC2)C[C@H]1Cc1ccc(-c2ccccc2)cc1. The molecular formula is C27H32N2O3. The fourth-order valence-electron chi connectivity index (χ4n) is 4.39. The number of nitrogens with zero attached hydrogens (tertiary/aromatic N) is 2. The van der Waals surface area contributed by atoms with Crippen molar-refractivity contribution < 1.29 is 14.3 Å². The number of benzene rings is 2. The van der Waals surface area contributed by atoms with Crippen LogP contribution in [-0.2, 0) is 16.0 Å². The van der Waals surface area contributed by atoms with Gasteiger partial charge in [-0.25, -0.2) is 9.69 Å². The second kappa shape index (κ2) is 9.19. The van der Waals surface area contributed by atoms with Gasteiger partial charge in [0, 0.05) is 31.3 Å². The largest absolute Gasteiger partial charge is 0.443 e. The first-order valence-electron chi connectivity index (χ1n) is 11.5. The molecule has 32 heavy (non-hydrogen) atoms. The minimum atomic E-state index is -0.652. The number of imide groups is 1. The Bertz CT molecular complexity index is 984. The number of carbonyl (C=O) groups is 2. The Morgan fingerprint density at radius 3 is 2.25 bits per heavy atom. The van der Waals surface area contributed by atoms with Crippen LogP contribution in [0.25, 0.3) is 11.1 Å². The molecule has 2 amide bonds. The quantitative estimate of drug-likeness (QED) is 0.606. The number of rotatable bonds is 4. The lowest BCUT2D eigenvalue weighted by molar-refractivity contribution is -0.125. The summed E-state index contributed by atoms with van der Waals surface area (Å²) < 4.78 is 5.58. The standard InChI is InChI=1S/C27H32N2O3/c1-27(2,3)32-26(31)29-24(18-23(25(29)30)19-28-15-7-8-16-28)17-20-11-13-22(14-12-20)21-9-5-4-6-10-21/h4-6,9-14,19,24H,7-8,15-18H2,1-3H3/b23-19+/t24-/m1/s1. The molecule has 2 aliphatic heterocycles. The van der Waals surface area contributed by atoms with Gasteiger partial charge in [-0.15, -0.1) is 0 Å². The summed E-state index contributed by atoms with van der Waals surface area (Å²) in [7, 11) is 0. The van der Waals surface area contributed by atoms with Crippen molar-refractivity contribution in [1.82, 2.24) is 9.80 Å². The number of ether oxygens (including phenoxy) is 1. The van der Waals surface area contributed by atoms with Gasteiger partial charge in [0.05, 0.1) is 6.04 Å². The molecule has 1 atom stereocenters. The first-order valence-corrected chi connectivity index (χ1v) is 11.5. The molecule has 0 aromatic heterocycles. The Morgan fingerprint density at radius 1 is 1.00 bits per heavy atom. The van der Waals surface area contributed by atoms with Crippen LogP contribution in [0.1, 0.15) is 45.6 Å². The van der Waals surface area contributed by atoms with E-state index >= 15 is 0 Å². The molecule has 0 N–H and O–H groups in total. The zero-order valence-electron chi connectivity index (χ0n) is 19.2. The third-order valence-electron chi connectivity index (χ3n) is 5.92. The van der Waals surface area contributed by atoms with Crippen LogP contribution in [0.4, 0.5) is 4.79 Å². The van der Waals surface area contributed by atoms with Crippen molar-refractivity contribution in [1.29, 1.82) is 0 Å². The molecule has 2 fully saturated rings. The molecule has 0 radical (unpaired) electrons. The lowest BCUT2D eigenvalue weighted by atomic mass is 9.99. The average Bonchev–Trinajstić information content (AvgIpc) is 3.36. The number of hydrogen-bond donors (Lipinski definition) is 0. The number of amides is 2. The molecule has 4 rings (SSSR count). The Morgan fingerprint density at radius 2 is 1.62 bits per heavy atom. The summed E-state index contributed by atoms with van der Waals surface area (Å²) in [5, 5.41) is 0. The van der Waals surface area contributed by atoms with E-state index in [2.05, 4.69) is 41.3 Å². The first-order chi connectivity index (χ1) is 15.3. The van der Waals surface area contributed by atoms with Gasteiger partial charge in [0.15, 0.2) is 0 Å². The van der Waals surface area contributed by atoms with Gasteiger partial charge in [-0.3, -0.25) is 4.79 Å². The molecule has 5 nitrogen and oxygen atoms in total. The lowest BCUT2D eigenvalue weighted by Crippen LogP contribution is -2.43. The first kappa shape index (κ1) is 22.1. The fourth-order valence-corrected chi connectivity index (χ4v) is 4.39. The Kier molecular flexibility index (Phi) is 6.35. The van der Waals surface area contributed by atoms with E-state index < -0.39 is 11.7 Å². The molecule has 0 unspecified atom stereocenters. The predicted octanol–water partition coefficient (Wildman–Crippen LogP) is 5.41. The van der Waals surface area contributed by atoms with E-state index in [1.165, 1.54) is 10.5 Å². The average molecular weight is 433 g/mol. The molecule has 0 bridgehead atoms. The van der Waals surface area contributed by atoms with Crippen LogP contribution < -0.4 is 0 Å². The van der Waals surface area contributed by atoms with E-state index in [-0.39, 0.29) is 11.9 Å². The highest BCUT2D eigenvalue weighted by atomic mass is 16.6. The van der Waals surface area contributed by atoms with Gasteiger partial charge < -0.3 is 9.64 Å². The van der Waals surface area contributed by atoms with Crippen molar-refractivity contribution in [2.45, 2.75) is 58.1 Å². The predicted molar refractivity (Wildman–Crippen MR) is 126 cm³/mol. The highest BCUT2D eigenvalue weighted by molar-refractivity contribution is 6.05. The summed E-state index contributed by atoms with van der Waals surface area (Å²) in [6, 6.07) is 18.4. The minimum absolute atomic E-state index is 0.225. The monoisotopic (exact) mass is 432 g/mol. The van der Waals surface area contributed by atoms with E-state index in [0.29, 0.717) is 18.4 Å². The van der Waals surface area contributed by atoms with Crippen LogP contribution in [-0.4, -0.2) is 46.5 Å². The number of likely N-dealkylation sites (tertiary alicyclic amines) is 2. The van der Waals surface area contributed by atoms with E-state index in [9.17, 15) is 9.59 Å². The minimum Gasteiger partial charge on any atom is -0.443 e. The van der Waals surface area contributed by atoms with E-state index in [1.807, 2.05) is 45.2 Å². The van der Waals surface area contributed by atoms with Crippen molar-refractivity contribution in [2.75, 3.05) is 13.1 Å². The summed E-state index contributed by atoms with van der Waals surface area (Å²) in [5.41, 5.74) is 3.46. The Balaban J connectivity index is 1.55. The van der Waals surface area contributed by atoms with E-state index in [4.69, 9.17) is 4.74 Å². The molecule has 0 aliphatic carbocycles. The highest BCUT2D eigenvalue weighted by Gasteiger charge is 2.42. The maximum absolute atomic E-state index is 13.2. The van der Waals surface area contributed by atoms with Crippen molar-refractivity contribution in [3.8, 4) is 11.1 Å². The van der Waals surface area contributed by atoms with Crippen LogP contribution in [0, 0.1) is 0 Å². The number of hydrogen-bond acceptors (Lipinski definition) is 4. The van der Waals surface area contributed by atoms with E-state index in [0.717, 1.165) is 37.1 Å². The van der Waals surface area contributed by atoms with Crippen molar-refractivity contribution >= 4 is 12.0 Å². The molecule has 2 aliphatic rings. The van der Waals surface area contributed by atoms with E-state index in [1.54, 1.807) is 0 Å². The highest BCUT2D eigenvalue weighted by Crippen LogP contribution is 2.30. The van der Waals surface area contributed by atoms with Gasteiger partial charge in [-0.2, -0.15) is 0 Å². The Labute approximate surface area is 190 Å². The summed E-state index contributed by atoms with van der Waals surface area (Å²) in [4.78, 5) is 29.6. The second-order valence-electron chi connectivity index (χ2n) is 9.68. The summed E-state index contributed by atoms with van der Waals surface area (Å²) >= 11 is 0. The van der Waals surface area contributed by atoms with Gasteiger partial charge in [-0.05, 0) is 56.7 Å². The summed E-state index contributed by atoms with van der Waals surface area (Å²) in [6.45, 7) is 7.40. The van der Waals surface area contributed by atoms with Crippen molar-refractivity contribution in [3.63, 3.8) is 0 Å². The zero-order valence-corrected chi connectivity index (χ0v) is 19.2. The maximum Gasteiger partial charge on any atom is 0.417 e. The zero-order chi connectivity index (χ0) is 22.7. The summed E-state index contributed by atoms with van der Waals surface area (Å²) in [6.07, 6.45) is 4.85. The van der Waals surface area contributed by atoms with Crippen LogP contribution in [0.2, 0.25) is 0 Å². The van der Waals surface area contributed by atoms with Gasteiger partial charge in [0.1, 0.15) is 5.60 Å². The van der Waals surface area contributed by atoms with Gasteiger partial charge >= 0.3 is 6.09 Å². The van der Waals surface area contributed by atoms with Gasteiger partial charge in [-0.1, -0.05) is 54.6 Å². The van der Waals surface area contributed by atoms with Crippen molar-refractivity contribution in [3.05, 3.63) is 71.9 Å². The van der Waals surface area contributed by atoms with Crippen LogP contribution in [0.5, 0.6) is 0 Å². The van der Waals surface area contributed by atoms with Crippen LogP contribution in [0.3, 0.4) is 0 Å².